The van der Waals surface area contributed by atoms with Crippen molar-refractivity contribution >= 4 is 11.6 Å². The molecule has 1 fully saturated rings. The van der Waals surface area contributed by atoms with Crippen LogP contribution in [-0.4, -0.2) is 33.6 Å². The zero-order valence-corrected chi connectivity index (χ0v) is 14.3. The summed E-state index contributed by atoms with van der Waals surface area (Å²) in [7, 11) is 0. The fraction of sp³-hybridized carbons (Fsp3) is 0.474. The summed E-state index contributed by atoms with van der Waals surface area (Å²) >= 11 is 0. The van der Waals surface area contributed by atoms with Crippen molar-refractivity contribution in [3.63, 3.8) is 0 Å². The van der Waals surface area contributed by atoms with E-state index in [-0.39, 0.29) is 5.91 Å². The monoisotopic (exact) mass is 324 g/mol. The molecule has 0 bridgehead atoms. The van der Waals surface area contributed by atoms with E-state index in [1.54, 1.807) is 0 Å². The Morgan fingerprint density at radius 2 is 2.08 bits per heavy atom. The van der Waals surface area contributed by atoms with Gasteiger partial charge in [-0.3, -0.25) is 14.8 Å². The summed E-state index contributed by atoms with van der Waals surface area (Å²) in [6.45, 7) is 4.29. The van der Waals surface area contributed by atoms with Crippen LogP contribution in [0.3, 0.4) is 0 Å². The van der Waals surface area contributed by atoms with E-state index in [4.69, 9.17) is 0 Å². The van der Waals surface area contributed by atoms with Crippen LogP contribution in [0, 0.1) is 13.8 Å². The molecule has 0 saturated heterocycles. The van der Waals surface area contributed by atoms with Crippen molar-refractivity contribution < 1.29 is 4.79 Å². The number of fused-ring (bicyclic) bond motifs is 1. The van der Waals surface area contributed by atoms with Crippen LogP contribution < -0.4 is 5.32 Å². The summed E-state index contributed by atoms with van der Waals surface area (Å²) in [4.78, 5) is 15.0. The molecule has 0 aliphatic heterocycles. The van der Waals surface area contributed by atoms with Gasteiger partial charge in [0.2, 0.25) is 5.91 Å². The van der Waals surface area contributed by atoms with E-state index in [1.807, 2.05) is 13.8 Å². The molecular weight excluding hydrogens is 300 g/mol. The molecule has 4 rings (SSSR count). The Balaban J connectivity index is 1.50. The molecule has 5 nitrogen and oxygen atoms in total. The molecule has 126 valence electrons. The Morgan fingerprint density at radius 1 is 1.29 bits per heavy atom. The Hall–Kier alpha value is -2.14. The molecule has 5 heteroatoms. The molecule has 1 amide bonds. The van der Waals surface area contributed by atoms with E-state index in [1.165, 1.54) is 24.0 Å². The number of nitrogens with zero attached hydrogens (tertiary/aromatic N) is 2. The molecule has 0 radical (unpaired) electrons. The fourth-order valence-corrected chi connectivity index (χ4v) is 3.86. The summed E-state index contributed by atoms with van der Waals surface area (Å²) < 4.78 is 0. The number of carbonyl (C=O) groups excluding carboxylic acids is 1. The predicted octanol–water partition coefficient (Wildman–Crippen LogP) is 3.12. The average molecular weight is 324 g/mol. The van der Waals surface area contributed by atoms with Crippen LogP contribution in [0.4, 0.5) is 5.69 Å². The highest BCUT2D eigenvalue weighted by Crippen LogP contribution is 2.41. The number of benzene rings is 1. The van der Waals surface area contributed by atoms with Crippen molar-refractivity contribution in [2.24, 2.45) is 0 Å². The van der Waals surface area contributed by atoms with E-state index in [0.717, 1.165) is 29.9 Å². The van der Waals surface area contributed by atoms with Crippen molar-refractivity contribution in [3.8, 4) is 0 Å². The van der Waals surface area contributed by atoms with Gasteiger partial charge in [0.05, 0.1) is 23.6 Å². The number of aromatic nitrogens is 2. The molecule has 1 aromatic carbocycles. The fourth-order valence-electron chi connectivity index (χ4n) is 3.86. The first kappa shape index (κ1) is 15.4. The number of H-pyrrole nitrogens is 1. The Bertz CT molecular complexity index is 743. The van der Waals surface area contributed by atoms with E-state index < -0.39 is 0 Å². The molecule has 1 atom stereocenters. The molecule has 1 saturated carbocycles. The largest absolute Gasteiger partial charge is 0.322 e. The van der Waals surface area contributed by atoms with Crippen molar-refractivity contribution in [1.82, 2.24) is 15.1 Å². The van der Waals surface area contributed by atoms with Crippen molar-refractivity contribution in [2.75, 3.05) is 11.9 Å². The second kappa shape index (κ2) is 6.06. The molecule has 24 heavy (non-hydrogen) atoms. The topological polar surface area (TPSA) is 61.0 Å². The third-order valence-corrected chi connectivity index (χ3v) is 5.24. The van der Waals surface area contributed by atoms with Crippen LogP contribution >= 0.6 is 0 Å². The lowest BCUT2D eigenvalue weighted by molar-refractivity contribution is -0.118. The highest BCUT2D eigenvalue weighted by Gasteiger charge is 2.38. The molecule has 2 aromatic rings. The Kier molecular flexibility index (Phi) is 3.88. The minimum atomic E-state index is 0.0545. The standard InChI is InChI=1S/C19H24N4O/c1-12-19(13(2)22-21-12)20-18(24)11-23(15-8-9-15)17-10-7-14-5-3-4-6-16(14)17/h3-6,15,17H,7-11H2,1-2H3,(H,20,24)(H,21,22). The SMILES string of the molecule is Cc1n[nH]c(C)c1NC(=O)CN(C1CC1)C1CCc2ccccc21. The van der Waals surface area contributed by atoms with Gasteiger partial charge in [0.15, 0.2) is 0 Å². The van der Waals surface area contributed by atoms with Crippen molar-refractivity contribution in [2.45, 2.75) is 51.6 Å². The van der Waals surface area contributed by atoms with Gasteiger partial charge in [-0.25, -0.2) is 0 Å². The second-order valence-electron chi connectivity index (χ2n) is 7.01. The Morgan fingerprint density at radius 3 is 2.79 bits per heavy atom. The number of rotatable bonds is 5. The highest BCUT2D eigenvalue weighted by atomic mass is 16.2. The Labute approximate surface area is 142 Å². The number of aromatic amines is 1. The number of hydrogen-bond donors (Lipinski definition) is 2. The van der Waals surface area contributed by atoms with Crippen LogP contribution in [0.25, 0.3) is 0 Å². The van der Waals surface area contributed by atoms with Gasteiger partial charge < -0.3 is 5.32 Å². The smallest absolute Gasteiger partial charge is 0.238 e. The first-order chi connectivity index (χ1) is 11.6. The van der Waals surface area contributed by atoms with Crippen molar-refractivity contribution in [3.05, 3.63) is 46.8 Å². The summed E-state index contributed by atoms with van der Waals surface area (Å²) in [5.74, 6) is 0.0545. The van der Waals surface area contributed by atoms with Gasteiger partial charge in [-0.15, -0.1) is 0 Å². The van der Waals surface area contributed by atoms with Crippen LogP contribution in [-0.2, 0) is 11.2 Å². The molecule has 1 aromatic heterocycles. The molecule has 0 spiro atoms. The van der Waals surface area contributed by atoms with Gasteiger partial charge in [-0.2, -0.15) is 5.10 Å². The maximum atomic E-state index is 12.6. The van der Waals surface area contributed by atoms with Crippen LogP contribution in [0.15, 0.2) is 24.3 Å². The predicted molar refractivity (Wildman–Crippen MR) is 93.9 cm³/mol. The highest BCUT2D eigenvalue weighted by molar-refractivity contribution is 5.93. The van der Waals surface area contributed by atoms with Crippen LogP contribution in [0.5, 0.6) is 0 Å². The third kappa shape index (κ3) is 2.84. The zero-order valence-electron chi connectivity index (χ0n) is 14.3. The molecule has 2 N–H and O–H groups in total. The van der Waals surface area contributed by atoms with E-state index in [0.29, 0.717) is 18.6 Å². The third-order valence-electron chi connectivity index (χ3n) is 5.24. The summed E-state index contributed by atoms with van der Waals surface area (Å²) in [5.41, 5.74) is 5.42. The summed E-state index contributed by atoms with van der Waals surface area (Å²) in [5, 5.41) is 10.1. The van der Waals surface area contributed by atoms with E-state index in [9.17, 15) is 4.79 Å². The van der Waals surface area contributed by atoms with Crippen molar-refractivity contribution in [1.29, 1.82) is 0 Å². The molecular formula is C19H24N4O. The zero-order chi connectivity index (χ0) is 16.7. The van der Waals surface area contributed by atoms with Gasteiger partial charge in [0.1, 0.15) is 0 Å². The van der Waals surface area contributed by atoms with Gasteiger partial charge in [-0.05, 0) is 50.7 Å². The normalized spacial score (nSPS) is 19.5. The minimum absolute atomic E-state index is 0.0545. The maximum absolute atomic E-state index is 12.6. The minimum Gasteiger partial charge on any atom is -0.322 e. The number of aryl methyl sites for hydroxylation is 3. The molecule has 1 unspecified atom stereocenters. The second-order valence-corrected chi connectivity index (χ2v) is 7.01. The van der Waals surface area contributed by atoms with Crippen LogP contribution in [0.1, 0.15) is 47.8 Å². The van der Waals surface area contributed by atoms with E-state index >= 15 is 0 Å². The molecule has 2 aliphatic carbocycles. The number of amides is 1. The lowest BCUT2D eigenvalue weighted by atomic mass is 10.1. The maximum Gasteiger partial charge on any atom is 0.238 e. The number of hydrogen-bond acceptors (Lipinski definition) is 3. The molecule has 2 aliphatic rings. The van der Waals surface area contributed by atoms with Crippen LogP contribution in [0.2, 0.25) is 0 Å². The lowest BCUT2D eigenvalue weighted by Gasteiger charge is -2.29. The number of nitrogens with one attached hydrogen (secondary N) is 2. The number of carbonyl (C=O) groups is 1. The lowest BCUT2D eigenvalue weighted by Crippen LogP contribution is -2.37. The van der Waals surface area contributed by atoms with Gasteiger partial charge in [0.25, 0.3) is 0 Å². The van der Waals surface area contributed by atoms with Gasteiger partial charge in [-0.1, -0.05) is 24.3 Å². The average Bonchev–Trinajstić information content (AvgIpc) is 3.27. The molecule has 1 heterocycles. The van der Waals surface area contributed by atoms with E-state index in [2.05, 4.69) is 44.7 Å². The first-order valence-electron chi connectivity index (χ1n) is 8.78. The summed E-state index contributed by atoms with van der Waals surface area (Å²) in [6.07, 6.45) is 4.64. The summed E-state index contributed by atoms with van der Waals surface area (Å²) in [6, 6.07) is 9.60. The first-order valence-corrected chi connectivity index (χ1v) is 8.78. The van der Waals surface area contributed by atoms with Gasteiger partial charge in [0, 0.05) is 12.1 Å². The van der Waals surface area contributed by atoms with Gasteiger partial charge >= 0.3 is 0 Å². The number of anilines is 1. The quantitative estimate of drug-likeness (QED) is 0.888.